The number of hydrogen-bond donors (Lipinski definition) is 0. The zero-order valence-electron chi connectivity index (χ0n) is 13.9. The monoisotopic (exact) mass is 264 g/mol. The summed E-state index contributed by atoms with van der Waals surface area (Å²) in [5.41, 5.74) is 0.721. The van der Waals surface area contributed by atoms with Gasteiger partial charge in [-0.05, 0) is 54.8 Å². The predicted octanol–water partition coefficient (Wildman–Crippen LogP) is 6.45. The Bertz CT molecular complexity index is 269. The first-order valence-corrected chi connectivity index (χ1v) is 9.20. The van der Waals surface area contributed by atoms with E-state index in [9.17, 15) is 0 Å². The van der Waals surface area contributed by atoms with Gasteiger partial charge in [-0.1, -0.05) is 66.2 Å². The Labute approximate surface area is 121 Å². The molecule has 0 aromatic heterocycles. The summed E-state index contributed by atoms with van der Waals surface area (Å²) >= 11 is 0. The summed E-state index contributed by atoms with van der Waals surface area (Å²) in [5, 5.41) is 0. The zero-order valence-corrected chi connectivity index (χ0v) is 13.9. The van der Waals surface area contributed by atoms with Crippen LogP contribution in [0.5, 0.6) is 0 Å². The van der Waals surface area contributed by atoms with Crippen LogP contribution >= 0.6 is 0 Å². The van der Waals surface area contributed by atoms with E-state index < -0.39 is 0 Å². The van der Waals surface area contributed by atoms with Crippen molar-refractivity contribution in [1.82, 2.24) is 0 Å². The van der Waals surface area contributed by atoms with Crippen molar-refractivity contribution >= 4 is 0 Å². The lowest BCUT2D eigenvalue weighted by atomic mass is 9.53. The Morgan fingerprint density at radius 3 is 2.11 bits per heavy atom. The summed E-state index contributed by atoms with van der Waals surface area (Å²) in [7, 11) is 0. The summed E-state index contributed by atoms with van der Waals surface area (Å²) in [6.45, 7) is 9.81. The summed E-state index contributed by atoms with van der Waals surface area (Å²) in [6, 6.07) is 0. The molecule has 0 saturated heterocycles. The Hall–Kier alpha value is 0. The van der Waals surface area contributed by atoms with Gasteiger partial charge >= 0.3 is 0 Å². The van der Waals surface area contributed by atoms with Crippen molar-refractivity contribution in [2.75, 3.05) is 0 Å². The molecule has 0 spiro atoms. The van der Waals surface area contributed by atoms with Crippen LogP contribution in [-0.4, -0.2) is 0 Å². The Morgan fingerprint density at radius 2 is 1.53 bits per heavy atom. The second-order valence-electron chi connectivity index (χ2n) is 7.50. The molecule has 112 valence electrons. The fourth-order valence-electron chi connectivity index (χ4n) is 5.75. The minimum absolute atomic E-state index is 0.721. The molecule has 0 aromatic rings. The molecule has 2 fully saturated rings. The van der Waals surface area contributed by atoms with Crippen LogP contribution in [0.15, 0.2) is 0 Å². The SMILES string of the molecule is CCC1CCCC(CC)C2(CC)CCC(CC)C1C2. The van der Waals surface area contributed by atoms with Gasteiger partial charge in [-0.3, -0.25) is 0 Å². The third-order valence-electron chi connectivity index (χ3n) is 7.11. The summed E-state index contributed by atoms with van der Waals surface area (Å²) in [5.74, 6) is 4.16. The first kappa shape index (κ1) is 15.4. The molecule has 0 N–H and O–H groups in total. The van der Waals surface area contributed by atoms with Crippen LogP contribution in [0.25, 0.3) is 0 Å². The summed E-state index contributed by atoms with van der Waals surface area (Å²) in [4.78, 5) is 0. The standard InChI is InChI=1S/C19H36/c1-5-15-10-9-11-17(7-3)19(8-4)13-12-16(6-2)18(15)14-19/h15-18H,5-14H2,1-4H3. The summed E-state index contributed by atoms with van der Waals surface area (Å²) < 4.78 is 0. The topological polar surface area (TPSA) is 0 Å². The van der Waals surface area contributed by atoms with Crippen LogP contribution in [0.4, 0.5) is 0 Å². The van der Waals surface area contributed by atoms with Gasteiger partial charge in [0.05, 0.1) is 0 Å². The Balaban J connectivity index is 2.25. The fraction of sp³-hybridized carbons (Fsp3) is 1.00. The maximum absolute atomic E-state index is 2.48. The number of fused-ring (bicyclic) bond motifs is 2. The molecule has 2 bridgehead atoms. The molecule has 2 aliphatic rings. The van der Waals surface area contributed by atoms with E-state index in [0.717, 1.165) is 29.1 Å². The molecule has 2 saturated carbocycles. The molecule has 5 unspecified atom stereocenters. The van der Waals surface area contributed by atoms with Gasteiger partial charge in [0, 0.05) is 0 Å². The van der Waals surface area contributed by atoms with Gasteiger partial charge in [-0.15, -0.1) is 0 Å². The third kappa shape index (κ3) is 2.88. The number of rotatable bonds is 4. The van der Waals surface area contributed by atoms with Crippen molar-refractivity contribution in [2.24, 2.45) is 29.1 Å². The minimum atomic E-state index is 0.721. The van der Waals surface area contributed by atoms with Gasteiger partial charge in [0.15, 0.2) is 0 Å². The van der Waals surface area contributed by atoms with Crippen LogP contribution < -0.4 is 0 Å². The molecular weight excluding hydrogens is 228 g/mol. The molecule has 2 aliphatic carbocycles. The van der Waals surface area contributed by atoms with Gasteiger partial charge in [0.2, 0.25) is 0 Å². The van der Waals surface area contributed by atoms with Crippen molar-refractivity contribution in [3.05, 3.63) is 0 Å². The van der Waals surface area contributed by atoms with Gasteiger partial charge in [-0.2, -0.15) is 0 Å². The molecule has 0 heterocycles. The van der Waals surface area contributed by atoms with Crippen molar-refractivity contribution in [2.45, 2.75) is 91.9 Å². The lowest BCUT2D eigenvalue weighted by Gasteiger charge is -2.52. The van der Waals surface area contributed by atoms with E-state index in [0.29, 0.717) is 0 Å². The van der Waals surface area contributed by atoms with E-state index in [1.807, 2.05) is 0 Å². The molecule has 2 rings (SSSR count). The highest BCUT2D eigenvalue weighted by Gasteiger charge is 2.46. The highest BCUT2D eigenvalue weighted by molar-refractivity contribution is 4.96. The second kappa shape index (κ2) is 6.64. The predicted molar refractivity (Wildman–Crippen MR) is 85.3 cm³/mol. The third-order valence-corrected chi connectivity index (χ3v) is 7.11. The molecular formula is C19H36. The van der Waals surface area contributed by atoms with Crippen LogP contribution in [0.2, 0.25) is 0 Å². The number of hydrogen-bond acceptors (Lipinski definition) is 0. The van der Waals surface area contributed by atoms with Crippen molar-refractivity contribution in [1.29, 1.82) is 0 Å². The molecule has 0 heteroatoms. The quantitative estimate of drug-likeness (QED) is 0.547. The highest BCUT2D eigenvalue weighted by atomic mass is 14.5. The van der Waals surface area contributed by atoms with Crippen molar-refractivity contribution < 1.29 is 0 Å². The van der Waals surface area contributed by atoms with Gasteiger partial charge < -0.3 is 0 Å². The van der Waals surface area contributed by atoms with Crippen molar-refractivity contribution in [3.8, 4) is 0 Å². The van der Waals surface area contributed by atoms with Gasteiger partial charge in [0.25, 0.3) is 0 Å². The van der Waals surface area contributed by atoms with E-state index in [2.05, 4.69) is 27.7 Å². The molecule has 0 radical (unpaired) electrons. The average Bonchev–Trinajstić information content (AvgIpc) is 2.45. The van der Waals surface area contributed by atoms with E-state index in [-0.39, 0.29) is 0 Å². The van der Waals surface area contributed by atoms with Crippen LogP contribution in [0, 0.1) is 29.1 Å². The zero-order chi connectivity index (χ0) is 13.9. The van der Waals surface area contributed by atoms with E-state index >= 15 is 0 Å². The molecule has 0 aromatic carbocycles. The van der Waals surface area contributed by atoms with E-state index in [1.54, 1.807) is 6.42 Å². The first-order valence-electron chi connectivity index (χ1n) is 9.20. The highest BCUT2D eigenvalue weighted by Crippen LogP contribution is 2.56. The lowest BCUT2D eigenvalue weighted by molar-refractivity contribution is -0.0209. The van der Waals surface area contributed by atoms with Crippen LogP contribution in [0.1, 0.15) is 91.9 Å². The largest absolute Gasteiger partial charge is 0.0651 e. The van der Waals surface area contributed by atoms with Crippen molar-refractivity contribution in [3.63, 3.8) is 0 Å². The van der Waals surface area contributed by atoms with Crippen LogP contribution in [0.3, 0.4) is 0 Å². The normalized spacial score (nSPS) is 43.6. The summed E-state index contributed by atoms with van der Waals surface area (Å²) in [6.07, 6.45) is 14.9. The van der Waals surface area contributed by atoms with Gasteiger partial charge in [-0.25, -0.2) is 0 Å². The minimum Gasteiger partial charge on any atom is -0.0651 e. The molecule has 0 amide bonds. The molecule has 19 heavy (non-hydrogen) atoms. The fourth-order valence-corrected chi connectivity index (χ4v) is 5.75. The average molecular weight is 264 g/mol. The second-order valence-corrected chi connectivity index (χ2v) is 7.50. The molecule has 5 atom stereocenters. The Kier molecular flexibility index (Phi) is 5.37. The molecule has 0 aliphatic heterocycles. The first-order chi connectivity index (χ1) is 9.20. The smallest absolute Gasteiger partial charge is 0.0269 e. The van der Waals surface area contributed by atoms with Crippen LogP contribution in [-0.2, 0) is 0 Å². The maximum Gasteiger partial charge on any atom is -0.0269 e. The lowest BCUT2D eigenvalue weighted by Crippen LogP contribution is -2.42. The van der Waals surface area contributed by atoms with E-state index in [4.69, 9.17) is 0 Å². The molecule has 0 nitrogen and oxygen atoms in total. The van der Waals surface area contributed by atoms with E-state index in [1.165, 1.54) is 57.8 Å². The Morgan fingerprint density at radius 1 is 0.842 bits per heavy atom. The van der Waals surface area contributed by atoms with Gasteiger partial charge in [0.1, 0.15) is 0 Å². The maximum atomic E-state index is 2.48.